The van der Waals surface area contributed by atoms with E-state index in [9.17, 15) is 19.4 Å². The van der Waals surface area contributed by atoms with Gasteiger partial charge in [-0.25, -0.2) is 9.18 Å². The number of ether oxygens (including phenoxy) is 1. The molecule has 0 saturated heterocycles. The second kappa shape index (κ2) is 9.81. The summed E-state index contributed by atoms with van der Waals surface area (Å²) >= 11 is 3.18. The molecular formula is C25H23BrFNO4. The zero-order valence-electron chi connectivity index (χ0n) is 17.2. The molecule has 1 aliphatic carbocycles. The third kappa shape index (κ3) is 4.70. The molecule has 0 fully saturated rings. The molecule has 5 nitrogen and oxygen atoms in total. The van der Waals surface area contributed by atoms with Crippen molar-refractivity contribution < 1.29 is 24.1 Å². The van der Waals surface area contributed by atoms with Gasteiger partial charge in [-0.15, -0.1) is 0 Å². The maximum Gasteiger partial charge on any atom is 0.407 e. The van der Waals surface area contributed by atoms with Gasteiger partial charge >= 0.3 is 6.09 Å². The number of aliphatic hydroxyl groups excluding tert-OH is 2. The first-order valence-electron chi connectivity index (χ1n) is 10.4. The quantitative estimate of drug-likeness (QED) is 0.431. The molecule has 1 aliphatic rings. The van der Waals surface area contributed by atoms with E-state index in [0.29, 0.717) is 10.0 Å². The van der Waals surface area contributed by atoms with Gasteiger partial charge in [-0.05, 0) is 46.4 Å². The van der Waals surface area contributed by atoms with E-state index in [0.717, 1.165) is 22.3 Å². The Kier molecular flexibility index (Phi) is 6.89. The van der Waals surface area contributed by atoms with Crippen molar-refractivity contribution in [3.8, 4) is 11.1 Å². The fraction of sp³-hybridized carbons (Fsp3) is 0.240. The van der Waals surface area contributed by atoms with Crippen molar-refractivity contribution in [2.75, 3.05) is 13.2 Å². The third-order valence-electron chi connectivity index (χ3n) is 5.70. The van der Waals surface area contributed by atoms with E-state index in [1.165, 1.54) is 18.2 Å². The molecule has 3 N–H and O–H groups in total. The zero-order valence-corrected chi connectivity index (χ0v) is 18.8. The first-order chi connectivity index (χ1) is 15.5. The summed E-state index contributed by atoms with van der Waals surface area (Å²) in [6.45, 7) is 0.321. The van der Waals surface area contributed by atoms with E-state index in [-0.39, 0.29) is 25.5 Å². The minimum atomic E-state index is -1.21. The van der Waals surface area contributed by atoms with E-state index in [1.807, 2.05) is 36.4 Å². The number of nitrogens with one attached hydrogen (secondary N) is 1. The van der Waals surface area contributed by atoms with Crippen LogP contribution in [0.3, 0.4) is 0 Å². The lowest BCUT2D eigenvalue weighted by molar-refractivity contribution is 0.0132. The number of rotatable bonds is 7. The standard InChI is InChI=1S/C25H23BrFNO4/c26-22-13-15(27)9-10-20(22)24(30)23(29)11-12-28-25(31)32-14-21-18-7-3-1-5-16(18)17-6-2-4-8-19(17)21/h1-10,13,21,23-24,29-30H,11-12,14H2,(H,28,31). The van der Waals surface area contributed by atoms with Gasteiger partial charge in [0.15, 0.2) is 0 Å². The van der Waals surface area contributed by atoms with Crippen LogP contribution in [0.1, 0.15) is 35.1 Å². The molecule has 2 unspecified atom stereocenters. The summed E-state index contributed by atoms with van der Waals surface area (Å²) in [5.41, 5.74) is 4.94. The van der Waals surface area contributed by atoms with Crippen LogP contribution in [-0.4, -0.2) is 35.6 Å². The van der Waals surface area contributed by atoms with Gasteiger partial charge in [0.25, 0.3) is 0 Å². The van der Waals surface area contributed by atoms with Crippen LogP contribution in [0.5, 0.6) is 0 Å². The lowest BCUT2D eigenvalue weighted by atomic mass is 9.98. The van der Waals surface area contributed by atoms with Crippen molar-refractivity contribution in [2.45, 2.75) is 24.5 Å². The van der Waals surface area contributed by atoms with Gasteiger partial charge < -0.3 is 20.3 Å². The Morgan fingerprint density at radius 2 is 1.66 bits per heavy atom. The molecule has 7 heteroatoms. The molecular weight excluding hydrogens is 477 g/mol. The Labute approximate surface area is 194 Å². The van der Waals surface area contributed by atoms with E-state index in [2.05, 4.69) is 33.4 Å². The van der Waals surface area contributed by atoms with Crippen LogP contribution >= 0.6 is 15.9 Å². The SMILES string of the molecule is O=C(NCCC(O)C(O)c1ccc(F)cc1Br)OCC1c2ccccc2-c2ccccc21. The summed E-state index contributed by atoms with van der Waals surface area (Å²) < 4.78 is 19.0. The number of aliphatic hydroxyl groups is 2. The number of carbonyl (C=O) groups excluding carboxylic acids is 1. The fourth-order valence-electron chi connectivity index (χ4n) is 4.08. The number of amides is 1. The topological polar surface area (TPSA) is 78.8 Å². The van der Waals surface area contributed by atoms with E-state index < -0.39 is 24.1 Å². The Bertz CT molecular complexity index is 1080. The van der Waals surface area contributed by atoms with E-state index in [1.54, 1.807) is 0 Å². The van der Waals surface area contributed by atoms with Crippen LogP contribution < -0.4 is 5.32 Å². The molecule has 0 heterocycles. The Morgan fingerprint density at radius 3 is 2.28 bits per heavy atom. The highest BCUT2D eigenvalue weighted by molar-refractivity contribution is 9.10. The second-order valence-electron chi connectivity index (χ2n) is 7.72. The highest BCUT2D eigenvalue weighted by atomic mass is 79.9. The molecule has 4 rings (SSSR count). The molecule has 3 aromatic rings. The monoisotopic (exact) mass is 499 g/mol. The van der Waals surface area contributed by atoms with Gasteiger partial charge in [-0.1, -0.05) is 70.5 Å². The first-order valence-corrected chi connectivity index (χ1v) is 11.1. The van der Waals surface area contributed by atoms with Crippen LogP contribution in [0.15, 0.2) is 71.2 Å². The zero-order chi connectivity index (χ0) is 22.7. The average Bonchev–Trinajstić information content (AvgIpc) is 3.11. The highest BCUT2D eigenvalue weighted by Crippen LogP contribution is 2.44. The number of carbonyl (C=O) groups is 1. The second-order valence-corrected chi connectivity index (χ2v) is 8.57. The van der Waals surface area contributed by atoms with Crippen molar-refractivity contribution in [1.29, 1.82) is 0 Å². The van der Waals surface area contributed by atoms with Crippen molar-refractivity contribution in [3.05, 3.63) is 93.7 Å². The molecule has 0 bridgehead atoms. The van der Waals surface area contributed by atoms with Gasteiger partial charge in [0.2, 0.25) is 0 Å². The van der Waals surface area contributed by atoms with Crippen molar-refractivity contribution in [3.63, 3.8) is 0 Å². The summed E-state index contributed by atoms with van der Waals surface area (Å²) in [7, 11) is 0. The fourth-order valence-corrected chi connectivity index (χ4v) is 4.66. The third-order valence-corrected chi connectivity index (χ3v) is 6.39. The van der Waals surface area contributed by atoms with Crippen molar-refractivity contribution >= 4 is 22.0 Å². The van der Waals surface area contributed by atoms with Crippen LogP contribution in [0, 0.1) is 5.82 Å². The van der Waals surface area contributed by atoms with Crippen LogP contribution in [0.25, 0.3) is 11.1 Å². The summed E-state index contributed by atoms with van der Waals surface area (Å²) in [5.74, 6) is -0.476. The molecule has 166 valence electrons. The number of alkyl carbamates (subject to hydrolysis) is 1. The van der Waals surface area contributed by atoms with E-state index in [4.69, 9.17) is 4.74 Å². The van der Waals surface area contributed by atoms with Crippen LogP contribution in [0.2, 0.25) is 0 Å². The summed E-state index contributed by atoms with van der Waals surface area (Å²) in [5, 5.41) is 23.2. The van der Waals surface area contributed by atoms with Gasteiger partial charge in [0.05, 0.1) is 6.10 Å². The van der Waals surface area contributed by atoms with Gasteiger partial charge in [-0.3, -0.25) is 0 Å². The molecule has 0 aliphatic heterocycles. The first kappa shape index (κ1) is 22.5. The predicted molar refractivity (Wildman–Crippen MR) is 123 cm³/mol. The van der Waals surface area contributed by atoms with E-state index >= 15 is 0 Å². The minimum absolute atomic E-state index is 0.0311. The Balaban J connectivity index is 1.29. The Morgan fingerprint density at radius 1 is 1.03 bits per heavy atom. The number of fused-ring (bicyclic) bond motifs is 3. The highest BCUT2D eigenvalue weighted by Gasteiger charge is 2.29. The molecule has 3 aromatic carbocycles. The number of hydrogen-bond donors (Lipinski definition) is 3. The van der Waals surface area contributed by atoms with Crippen molar-refractivity contribution in [2.24, 2.45) is 0 Å². The van der Waals surface area contributed by atoms with Crippen molar-refractivity contribution in [1.82, 2.24) is 5.32 Å². The maximum absolute atomic E-state index is 13.2. The normalized spacial score (nSPS) is 14.4. The minimum Gasteiger partial charge on any atom is -0.449 e. The largest absolute Gasteiger partial charge is 0.449 e. The molecule has 1 amide bonds. The van der Waals surface area contributed by atoms with Gasteiger partial charge in [-0.2, -0.15) is 0 Å². The molecule has 0 aromatic heterocycles. The molecule has 0 radical (unpaired) electrons. The lowest BCUT2D eigenvalue weighted by Gasteiger charge is -2.20. The summed E-state index contributed by atoms with van der Waals surface area (Å²) in [6.07, 6.45) is -2.83. The summed E-state index contributed by atoms with van der Waals surface area (Å²) in [4.78, 5) is 12.2. The number of halogens is 2. The smallest absolute Gasteiger partial charge is 0.407 e. The lowest BCUT2D eigenvalue weighted by Crippen LogP contribution is -2.30. The van der Waals surface area contributed by atoms with Gasteiger partial charge in [0, 0.05) is 16.9 Å². The predicted octanol–water partition coefficient (Wildman–Crippen LogP) is 4.91. The maximum atomic E-state index is 13.2. The number of benzene rings is 3. The molecule has 32 heavy (non-hydrogen) atoms. The molecule has 0 spiro atoms. The number of hydrogen-bond acceptors (Lipinski definition) is 4. The molecule has 0 saturated carbocycles. The molecule has 2 atom stereocenters. The van der Waals surface area contributed by atoms with Gasteiger partial charge in [0.1, 0.15) is 18.5 Å². The Hall–Kier alpha value is -2.74. The average molecular weight is 500 g/mol. The summed E-state index contributed by atoms with van der Waals surface area (Å²) in [6, 6.07) is 20.0. The van der Waals surface area contributed by atoms with Crippen LogP contribution in [-0.2, 0) is 4.74 Å². The van der Waals surface area contributed by atoms with Crippen LogP contribution in [0.4, 0.5) is 9.18 Å².